The van der Waals surface area contributed by atoms with Crippen LogP contribution in [0.15, 0.2) is 66.7 Å². The van der Waals surface area contributed by atoms with Gasteiger partial charge in [-0.2, -0.15) is 0 Å². The summed E-state index contributed by atoms with van der Waals surface area (Å²) in [5.74, 6) is 0.204. The first kappa shape index (κ1) is 24.2. The molecule has 1 unspecified atom stereocenters. The summed E-state index contributed by atoms with van der Waals surface area (Å²) in [6.07, 6.45) is 0.557. The van der Waals surface area contributed by atoms with Crippen LogP contribution in [-0.2, 0) is 16.6 Å². The van der Waals surface area contributed by atoms with Crippen molar-refractivity contribution in [3.63, 3.8) is 0 Å². The summed E-state index contributed by atoms with van der Waals surface area (Å²) < 4.78 is 29.1. The molecule has 3 rings (SSSR count). The molecule has 170 valence electrons. The molecule has 0 aliphatic heterocycles. The number of hydrogen-bond acceptors (Lipinski definition) is 4. The molecule has 0 saturated heterocycles. The molecule has 0 spiro atoms. The Hall–Kier alpha value is -2.48. The summed E-state index contributed by atoms with van der Waals surface area (Å²) in [5, 5.41) is -0.586. The largest absolute Gasteiger partial charge is 0.345 e. The molecular formula is C25H30N2O3S2. The van der Waals surface area contributed by atoms with E-state index in [1.807, 2.05) is 74.5 Å². The third-order valence-electron chi connectivity index (χ3n) is 5.14. The van der Waals surface area contributed by atoms with E-state index >= 15 is 0 Å². The van der Waals surface area contributed by atoms with Crippen molar-refractivity contribution < 1.29 is 13.2 Å². The lowest BCUT2D eigenvalue weighted by molar-refractivity contribution is 0.0827. The first-order valence-corrected chi connectivity index (χ1v) is 13.0. The molecule has 1 amide bonds. The maximum atomic E-state index is 13.2. The van der Waals surface area contributed by atoms with Crippen LogP contribution in [0.4, 0.5) is 0 Å². The predicted molar refractivity (Wildman–Crippen MR) is 132 cm³/mol. The molecule has 1 atom stereocenters. The molecule has 7 heteroatoms. The van der Waals surface area contributed by atoms with Crippen molar-refractivity contribution in [2.75, 3.05) is 14.1 Å². The molecule has 0 radical (unpaired) electrons. The van der Waals surface area contributed by atoms with Crippen molar-refractivity contribution in [1.82, 2.24) is 9.62 Å². The highest BCUT2D eigenvalue weighted by Crippen LogP contribution is 2.31. The fourth-order valence-corrected chi connectivity index (χ4v) is 6.25. The third kappa shape index (κ3) is 6.06. The molecule has 0 aliphatic rings. The Kier molecular flexibility index (Phi) is 7.87. The second-order valence-corrected chi connectivity index (χ2v) is 11.6. The van der Waals surface area contributed by atoms with Gasteiger partial charge in [0.15, 0.2) is 0 Å². The van der Waals surface area contributed by atoms with Crippen LogP contribution in [0.25, 0.3) is 10.4 Å². The molecule has 0 bridgehead atoms. The molecule has 1 heterocycles. The van der Waals surface area contributed by atoms with Gasteiger partial charge in [-0.1, -0.05) is 56.3 Å². The van der Waals surface area contributed by atoms with Crippen LogP contribution in [0.3, 0.4) is 0 Å². The average Bonchev–Trinajstić information content (AvgIpc) is 3.25. The molecule has 0 aliphatic carbocycles. The van der Waals surface area contributed by atoms with Crippen LogP contribution >= 0.6 is 11.3 Å². The lowest BCUT2D eigenvalue weighted by Crippen LogP contribution is -2.29. The standard InChI is InChI=1S/C25H30N2O3S2/c1-18(2)15-24(19-9-6-5-7-10-19)32(29,30)26-17-22-13-14-23(31-22)20-11-8-12-21(16-20)25(28)27(3)4/h5-14,16,18,24,26H,15,17H2,1-4H3. The fourth-order valence-electron chi connectivity index (χ4n) is 3.50. The average molecular weight is 471 g/mol. The first-order chi connectivity index (χ1) is 15.2. The Balaban J connectivity index is 1.75. The molecule has 3 aromatic rings. The van der Waals surface area contributed by atoms with Gasteiger partial charge < -0.3 is 4.90 Å². The van der Waals surface area contributed by atoms with Crippen LogP contribution in [0, 0.1) is 5.92 Å². The maximum Gasteiger partial charge on any atom is 0.253 e. The highest BCUT2D eigenvalue weighted by atomic mass is 32.2. The lowest BCUT2D eigenvalue weighted by atomic mass is 10.0. The number of rotatable bonds is 9. The Labute approximate surface area is 195 Å². The van der Waals surface area contributed by atoms with Gasteiger partial charge in [-0.25, -0.2) is 13.1 Å². The van der Waals surface area contributed by atoms with E-state index in [1.165, 1.54) is 11.3 Å². The highest BCUT2D eigenvalue weighted by Gasteiger charge is 2.27. The van der Waals surface area contributed by atoms with Crippen LogP contribution in [0.1, 0.15) is 46.3 Å². The van der Waals surface area contributed by atoms with Gasteiger partial charge in [0, 0.05) is 36.0 Å². The number of nitrogens with zero attached hydrogens (tertiary/aromatic N) is 1. The van der Waals surface area contributed by atoms with Crippen LogP contribution in [0.2, 0.25) is 0 Å². The Morgan fingerprint density at radius 2 is 1.72 bits per heavy atom. The van der Waals surface area contributed by atoms with Gasteiger partial charge in [-0.05, 0) is 47.7 Å². The van der Waals surface area contributed by atoms with E-state index in [4.69, 9.17) is 0 Å². The number of thiophene rings is 1. The normalized spacial score (nSPS) is 12.7. The van der Waals surface area contributed by atoms with Gasteiger partial charge in [0.05, 0.1) is 0 Å². The van der Waals surface area contributed by atoms with E-state index in [9.17, 15) is 13.2 Å². The van der Waals surface area contributed by atoms with E-state index in [2.05, 4.69) is 4.72 Å². The molecular weight excluding hydrogens is 440 g/mol. The number of amides is 1. The number of hydrogen-bond donors (Lipinski definition) is 1. The van der Waals surface area contributed by atoms with Gasteiger partial charge in [0.1, 0.15) is 5.25 Å². The van der Waals surface area contributed by atoms with Gasteiger partial charge >= 0.3 is 0 Å². The maximum absolute atomic E-state index is 13.2. The zero-order valence-corrected chi connectivity index (χ0v) is 20.5. The minimum Gasteiger partial charge on any atom is -0.345 e. The zero-order chi connectivity index (χ0) is 23.3. The highest BCUT2D eigenvalue weighted by molar-refractivity contribution is 7.89. The van der Waals surface area contributed by atoms with Gasteiger partial charge in [0.25, 0.3) is 5.91 Å². The number of carbonyl (C=O) groups is 1. The number of benzene rings is 2. The Morgan fingerprint density at radius 3 is 2.38 bits per heavy atom. The lowest BCUT2D eigenvalue weighted by Gasteiger charge is -2.20. The summed E-state index contributed by atoms with van der Waals surface area (Å²) >= 11 is 1.53. The summed E-state index contributed by atoms with van der Waals surface area (Å²) in [5.41, 5.74) is 2.38. The van der Waals surface area contributed by atoms with E-state index in [0.717, 1.165) is 20.9 Å². The van der Waals surface area contributed by atoms with Crippen molar-refractivity contribution >= 4 is 27.3 Å². The minimum atomic E-state index is -3.55. The predicted octanol–water partition coefficient (Wildman–Crippen LogP) is 5.32. The van der Waals surface area contributed by atoms with Crippen LogP contribution < -0.4 is 4.72 Å². The Morgan fingerprint density at radius 1 is 1.00 bits per heavy atom. The van der Waals surface area contributed by atoms with Crippen molar-refractivity contribution in [3.8, 4) is 10.4 Å². The third-order valence-corrected chi connectivity index (χ3v) is 8.04. The van der Waals surface area contributed by atoms with Gasteiger partial charge in [-0.15, -0.1) is 11.3 Å². The molecule has 2 aromatic carbocycles. The zero-order valence-electron chi connectivity index (χ0n) is 18.9. The van der Waals surface area contributed by atoms with E-state index in [-0.39, 0.29) is 18.4 Å². The van der Waals surface area contributed by atoms with Crippen molar-refractivity contribution in [2.24, 2.45) is 5.92 Å². The smallest absolute Gasteiger partial charge is 0.253 e. The summed E-state index contributed by atoms with van der Waals surface area (Å²) in [6, 6.07) is 20.8. The molecule has 0 saturated carbocycles. The van der Waals surface area contributed by atoms with E-state index < -0.39 is 15.3 Å². The quantitative estimate of drug-likeness (QED) is 0.460. The summed E-state index contributed by atoms with van der Waals surface area (Å²) in [4.78, 5) is 15.7. The van der Waals surface area contributed by atoms with Crippen LogP contribution in [0.5, 0.6) is 0 Å². The first-order valence-electron chi connectivity index (χ1n) is 10.6. The molecule has 32 heavy (non-hydrogen) atoms. The van der Waals surface area contributed by atoms with E-state index in [1.54, 1.807) is 25.1 Å². The molecule has 5 nitrogen and oxygen atoms in total. The van der Waals surface area contributed by atoms with E-state index in [0.29, 0.717) is 12.0 Å². The van der Waals surface area contributed by atoms with Crippen molar-refractivity contribution in [3.05, 3.63) is 82.7 Å². The van der Waals surface area contributed by atoms with Gasteiger partial charge in [-0.3, -0.25) is 4.79 Å². The minimum absolute atomic E-state index is 0.0477. The summed E-state index contributed by atoms with van der Waals surface area (Å²) in [6.45, 7) is 4.31. The SMILES string of the molecule is CC(C)CC(c1ccccc1)S(=O)(=O)NCc1ccc(-c2cccc(C(=O)N(C)C)c2)s1. The van der Waals surface area contributed by atoms with Gasteiger partial charge in [0.2, 0.25) is 10.0 Å². The molecule has 1 N–H and O–H groups in total. The number of carbonyl (C=O) groups excluding carboxylic acids is 1. The fraction of sp³-hybridized carbons (Fsp3) is 0.320. The van der Waals surface area contributed by atoms with Crippen molar-refractivity contribution in [2.45, 2.75) is 32.1 Å². The topological polar surface area (TPSA) is 66.5 Å². The second-order valence-electron chi connectivity index (χ2n) is 8.44. The van der Waals surface area contributed by atoms with Crippen molar-refractivity contribution in [1.29, 1.82) is 0 Å². The number of nitrogens with one attached hydrogen (secondary N) is 1. The Bertz CT molecular complexity index is 1150. The van der Waals surface area contributed by atoms with Crippen LogP contribution in [-0.4, -0.2) is 33.3 Å². The monoisotopic (exact) mass is 470 g/mol. The number of sulfonamides is 1. The summed E-state index contributed by atoms with van der Waals surface area (Å²) in [7, 11) is -0.0880. The molecule has 0 fully saturated rings. The second kappa shape index (κ2) is 10.4. The molecule has 1 aromatic heterocycles.